The van der Waals surface area contributed by atoms with E-state index in [0.717, 1.165) is 0 Å². The number of aliphatic carboxylic acids is 3. The molecule has 12 heteroatoms. The number of amides is 2. The zero-order valence-electron chi connectivity index (χ0n) is 15.7. The van der Waals surface area contributed by atoms with Crippen molar-refractivity contribution in [2.45, 2.75) is 51.2 Å². The van der Waals surface area contributed by atoms with E-state index in [0.29, 0.717) is 0 Å². The molecule has 28 heavy (non-hydrogen) atoms. The van der Waals surface area contributed by atoms with Crippen LogP contribution in [0.3, 0.4) is 0 Å². The van der Waals surface area contributed by atoms with E-state index < -0.39 is 78.8 Å². The van der Waals surface area contributed by atoms with E-state index in [2.05, 4.69) is 16.0 Å². The largest absolute Gasteiger partial charge is 0.481 e. The summed E-state index contributed by atoms with van der Waals surface area (Å²) < 4.78 is 0. The molecule has 0 rings (SSSR count). The molecule has 0 saturated carbocycles. The van der Waals surface area contributed by atoms with E-state index in [9.17, 15) is 28.8 Å². The van der Waals surface area contributed by atoms with E-state index in [4.69, 9.17) is 15.3 Å². The van der Waals surface area contributed by atoms with Gasteiger partial charge in [-0.15, -0.1) is 0 Å². The van der Waals surface area contributed by atoms with Gasteiger partial charge >= 0.3 is 17.9 Å². The molecular weight excluding hydrogens is 378 g/mol. The summed E-state index contributed by atoms with van der Waals surface area (Å²) in [4.78, 5) is 69.4. The second-order valence-electron chi connectivity index (χ2n) is 6.31. The molecule has 0 spiro atoms. The maximum absolute atomic E-state index is 12.4. The van der Waals surface area contributed by atoms with Gasteiger partial charge in [-0.05, 0) is 7.05 Å². The summed E-state index contributed by atoms with van der Waals surface area (Å²) in [5.41, 5.74) is 0. The molecular formula is C16H25N3O9. The lowest BCUT2D eigenvalue weighted by atomic mass is 9.98. The van der Waals surface area contributed by atoms with Crippen LogP contribution >= 0.6 is 0 Å². The van der Waals surface area contributed by atoms with Gasteiger partial charge in [-0.2, -0.15) is 0 Å². The molecule has 158 valence electrons. The SMILES string of the molecule is CNC(CC(=O)O)C(=O)NC(CC(=O)O)C(=O)NC(CC(=O)O)C(=O)C(C)C. The van der Waals surface area contributed by atoms with Crippen LogP contribution in [0.1, 0.15) is 33.1 Å². The number of carbonyl (C=O) groups excluding carboxylic acids is 3. The number of hydrogen-bond acceptors (Lipinski definition) is 7. The molecule has 0 bridgehead atoms. The fourth-order valence-corrected chi connectivity index (χ4v) is 2.23. The number of ketones is 1. The third-order valence-corrected chi connectivity index (χ3v) is 3.66. The molecule has 0 aromatic heterocycles. The summed E-state index contributed by atoms with van der Waals surface area (Å²) in [6, 6.07) is -4.27. The van der Waals surface area contributed by atoms with Crippen LogP contribution in [0.25, 0.3) is 0 Å². The smallest absolute Gasteiger partial charge is 0.305 e. The molecule has 3 atom stereocenters. The molecule has 0 aliphatic heterocycles. The van der Waals surface area contributed by atoms with Crippen molar-refractivity contribution in [1.29, 1.82) is 0 Å². The summed E-state index contributed by atoms with van der Waals surface area (Å²) in [6.45, 7) is 3.01. The van der Waals surface area contributed by atoms with Gasteiger partial charge in [0.1, 0.15) is 6.04 Å². The average Bonchev–Trinajstić information content (AvgIpc) is 2.56. The van der Waals surface area contributed by atoms with Crippen LogP contribution in [0.5, 0.6) is 0 Å². The first-order chi connectivity index (χ1) is 12.9. The topological polar surface area (TPSA) is 199 Å². The molecule has 0 saturated heterocycles. The Kier molecular flexibility index (Phi) is 10.4. The highest BCUT2D eigenvalue weighted by Gasteiger charge is 2.32. The summed E-state index contributed by atoms with van der Waals surface area (Å²) in [7, 11) is 1.31. The van der Waals surface area contributed by atoms with Gasteiger partial charge in [0.25, 0.3) is 0 Å². The van der Waals surface area contributed by atoms with Crippen LogP contribution in [-0.4, -0.2) is 76.0 Å². The molecule has 0 aliphatic carbocycles. The van der Waals surface area contributed by atoms with Crippen molar-refractivity contribution in [2.24, 2.45) is 5.92 Å². The van der Waals surface area contributed by atoms with Crippen LogP contribution in [0.4, 0.5) is 0 Å². The lowest BCUT2D eigenvalue weighted by molar-refractivity contribution is -0.144. The van der Waals surface area contributed by atoms with Crippen LogP contribution < -0.4 is 16.0 Å². The number of carboxylic acid groups (broad SMARTS) is 3. The number of carbonyl (C=O) groups is 6. The summed E-state index contributed by atoms with van der Waals surface area (Å²) in [6.07, 6.45) is -2.18. The maximum atomic E-state index is 12.4. The number of likely N-dealkylation sites (N-methyl/N-ethyl adjacent to an activating group) is 1. The third kappa shape index (κ3) is 9.07. The Bertz CT molecular complexity index is 633. The predicted molar refractivity (Wildman–Crippen MR) is 93.3 cm³/mol. The molecule has 0 aliphatic rings. The van der Waals surface area contributed by atoms with Crippen LogP contribution in [0.2, 0.25) is 0 Å². The molecule has 0 aromatic carbocycles. The second-order valence-corrected chi connectivity index (χ2v) is 6.31. The first-order valence-corrected chi connectivity index (χ1v) is 8.36. The average molecular weight is 403 g/mol. The molecule has 12 nitrogen and oxygen atoms in total. The van der Waals surface area contributed by atoms with Crippen molar-refractivity contribution in [3.63, 3.8) is 0 Å². The normalized spacial score (nSPS) is 13.9. The minimum Gasteiger partial charge on any atom is -0.481 e. The number of Topliss-reactive ketones (excluding diaryl/α,β-unsaturated/α-hetero) is 1. The molecule has 0 aromatic rings. The Hall–Kier alpha value is -3.02. The molecule has 2 amide bonds. The van der Waals surface area contributed by atoms with Gasteiger partial charge in [0.2, 0.25) is 11.8 Å². The minimum atomic E-state index is -1.63. The Labute approximate surface area is 160 Å². The molecule has 6 N–H and O–H groups in total. The van der Waals surface area contributed by atoms with Crippen molar-refractivity contribution in [1.82, 2.24) is 16.0 Å². The van der Waals surface area contributed by atoms with Gasteiger partial charge in [0.15, 0.2) is 5.78 Å². The highest BCUT2D eigenvalue weighted by Crippen LogP contribution is 2.06. The van der Waals surface area contributed by atoms with Gasteiger partial charge in [0.05, 0.1) is 31.3 Å². The minimum absolute atomic E-state index is 0.574. The van der Waals surface area contributed by atoms with E-state index in [-0.39, 0.29) is 0 Å². The Morgan fingerprint density at radius 2 is 1.04 bits per heavy atom. The van der Waals surface area contributed by atoms with Crippen LogP contribution in [0, 0.1) is 5.92 Å². The fraction of sp³-hybridized carbons (Fsp3) is 0.625. The number of rotatable bonds is 13. The summed E-state index contributed by atoms with van der Waals surface area (Å²) >= 11 is 0. The zero-order chi connectivity index (χ0) is 22.0. The van der Waals surface area contributed by atoms with Gasteiger partial charge in [-0.1, -0.05) is 13.8 Å². The molecule has 0 fully saturated rings. The van der Waals surface area contributed by atoms with Crippen molar-refractivity contribution in [3.8, 4) is 0 Å². The number of hydrogen-bond donors (Lipinski definition) is 6. The highest BCUT2D eigenvalue weighted by molar-refractivity contribution is 5.97. The second kappa shape index (κ2) is 11.6. The van der Waals surface area contributed by atoms with Crippen LogP contribution in [0.15, 0.2) is 0 Å². The number of carboxylic acids is 3. The fourth-order valence-electron chi connectivity index (χ4n) is 2.23. The number of nitrogens with one attached hydrogen (secondary N) is 3. The molecule has 0 heterocycles. The summed E-state index contributed by atoms with van der Waals surface area (Å²) in [5, 5.41) is 33.4. The van der Waals surface area contributed by atoms with Gasteiger partial charge in [0, 0.05) is 5.92 Å². The Balaban J connectivity index is 5.40. The highest BCUT2D eigenvalue weighted by atomic mass is 16.4. The zero-order valence-corrected chi connectivity index (χ0v) is 15.7. The first-order valence-electron chi connectivity index (χ1n) is 8.36. The van der Waals surface area contributed by atoms with E-state index in [1.807, 2.05) is 0 Å². The first kappa shape index (κ1) is 25.0. The van der Waals surface area contributed by atoms with Crippen molar-refractivity contribution in [3.05, 3.63) is 0 Å². The standard InChI is InChI=1S/C16H25N3O9/c1-7(2)14(26)8(4-11(20)21)18-16(28)10(6-13(24)25)19-15(27)9(17-3)5-12(22)23/h7-10,17H,4-6H2,1-3H3,(H,18,28)(H,19,27)(H,20,21)(H,22,23)(H,24,25). The maximum Gasteiger partial charge on any atom is 0.305 e. The third-order valence-electron chi connectivity index (χ3n) is 3.66. The van der Waals surface area contributed by atoms with Crippen molar-refractivity contribution in [2.75, 3.05) is 7.05 Å². The van der Waals surface area contributed by atoms with Gasteiger partial charge in [-0.3, -0.25) is 28.8 Å². The van der Waals surface area contributed by atoms with Gasteiger partial charge in [-0.25, -0.2) is 0 Å². The monoisotopic (exact) mass is 403 g/mol. The Morgan fingerprint density at radius 3 is 1.43 bits per heavy atom. The molecule has 0 radical (unpaired) electrons. The van der Waals surface area contributed by atoms with Gasteiger partial charge < -0.3 is 31.3 Å². The Morgan fingerprint density at radius 1 is 0.679 bits per heavy atom. The lowest BCUT2D eigenvalue weighted by Crippen LogP contribution is -2.56. The van der Waals surface area contributed by atoms with Crippen molar-refractivity contribution >= 4 is 35.5 Å². The van der Waals surface area contributed by atoms with E-state index in [1.54, 1.807) is 0 Å². The lowest BCUT2D eigenvalue weighted by Gasteiger charge is -2.23. The van der Waals surface area contributed by atoms with E-state index in [1.165, 1.54) is 20.9 Å². The van der Waals surface area contributed by atoms with Crippen molar-refractivity contribution < 1.29 is 44.1 Å². The van der Waals surface area contributed by atoms with Crippen LogP contribution in [-0.2, 0) is 28.8 Å². The molecule has 3 unspecified atom stereocenters. The predicted octanol–water partition coefficient (Wildman–Crippen LogP) is -1.81. The quantitative estimate of drug-likeness (QED) is 0.204. The van der Waals surface area contributed by atoms with E-state index >= 15 is 0 Å². The summed E-state index contributed by atoms with van der Waals surface area (Å²) in [5.74, 6) is -7.26.